The lowest BCUT2D eigenvalue weighted by Crippen LogP contribution is -2.41. The molecule has 1 aliphatic rings. The number of hydrogen-bond acceptors (Lipinski definition) is 2. The monoisotopic (exact) mass is 328 g/mol. The molecule has 5 heteroatoms. The number of hydrogen-bond donors (Lipinski definition) is 1. The van der Waals surface area contributed by atoms with Gasteiger partial charge >= 0.3 is 0 Å². The van der Waals surface area contributed by atoms with Crippen LogP contribution in [0.25, 0.3) is 0 Å². The summed E-state index contributed by atoms with van der Waals surface area (Å²) >= 11 is 0. The second kappa shape index (κ2) is 6.99. The van der Waals surface area contributed by atoms with Gasteiger partial charge in [-0.2, -0.15) is 0 Å². The molecule has 1 heterocycles. The summed E-state index contributed by atoms with van der Waals surface area (Å²) in [7, 11) is 0. The molecular formula is C19H21FN2O2. The Morgan fingerprint density at radius 2 is 1.83 bits per heavy atom. The van der Waals surface area contributed by atoms with Gasteiger partial charge in [0.05, 0.1) is 0 Å². The number of halogens is 1. The molecule has 0 spiro atoms. The molecule has 1 aromatic heterocycles. The van der Waals surface area contributed by atoms with Crippen LogP contribution in [0.2, 0.25) is 0 Å². The molecule has 1 saturated carbocycles. The fourth-order valence-corrected chi connectivity index (χ4v) is 3.55. The summed E-state index contributed by atoms with van der Waals surface area (Å²) in [4.78, 5) is 23.9. The second-order valence-electron chi connectivity index (χ2n) is 6.41. The Morgan fingerprint density at radius 1 is 1.12 bits per heavy atom. The first kappa shape index (κ1) is 16.4. The molecule has 1 aromatic carbocycles. The van der Waals surface area contributed by atoms with E-state index in [1.165, 1.54) is 16.7 Å². The lowest BCUT2D eigenvalue weighted by atomic mass is 9.78. The summed E-state index contributed by atoms with van der Waals surface area (Å²) in [5.41, 5.74) is 0.125. The Morgan fingerprint density at radius 3 is 2.54 bits per heavy atom. The van der Waals surface area contributed by atoms with Crippen molar-refractivity contribution < 1.29 is 9.18 Å². The smallest absolute Gasteiger partial charge is 0.250 e. The van der Waals surface area contributed by atoms with Crippen molar-refractivity contribution in [2.75, 3.05) is 6.54 Å². The quantitative estimate of drug-likeness (QED) is 0.917. The first-order chi connectivity index (χ1) is 11.6. The molecule has 0 atom stereocenters. The van der Waals surface area contributed by atoms with Gasteiger partial charge < -0.3 is 9.88 Å². The van der Waals surface area contributed by atoms with Crippen molar-refractivity contribution in [3.05, 3.63) is 70.4 Å². The van der Waals surface area contributed by atoms with Gasteiger partial charge in [-0.05, 0) is 30.5 Å². The van der Waals surface area contributed by atoms with Crippen LogP contribution in [-0.2, 0) is 16.8 Å². The molecule has 4 nitrogen and oxygen atoms in total. The fraction of sp³-hybridized carbons (Fsp3) is 0.368. The molecule has 0 aliphatic heterocycles. The van der Waals surface area contributed by atoms with Crippen molar-refractivity contribution in [3.63, 3.8) is 0 Å². The minimum absolute atomic E-state index is 0.0208. The molecule has 1 fully saturated rings. The molecule has 1 N–H and O–H groups in total. The minimum atomic E-state index is -0.345. The number of amides is 1. The highest BCUT2D eigenvalue weighted by molar-refractivity contribution is 5.75. The van der Waals surface area contributed by atoms with Gasteiger partial charge in [0, 0.05) is 24.2 Å². The van der Waals surface area contributed by atoms with Crippen molar-refractivity contribution in [3.8, 4) is 0 Å². The van der Waals surface area contributed by atoms with E-state index in [4.69, 9.17) is 0 Å². The maximum absolute atomic E-state index is 14.3. The third-order valence-corrected chi connectivity index (χ3v) is 4.84. The standard InChI is InChI=1S/C19H21FN2O2/c20-16-8-2-1-7-15(16)19(10-4-5-11-19)14-21-17(23)13-22-12-6-3-9-18(22)24/h1-3,6-9,12H,4-5,10-11,13-14H2,(H,21,23). The van der Waals surface area contributed by atoms with Crippen LogP contribution in [0.15, 0.2) is 53.5 Å². The van der Waals surface area contributed by atoms with E-state index in [-0.39, 0.29) is 29.2 Å². The van der Waals surface area contributed by atoms with Crippen LogP contribution in [0.5, 0.6) is 0 Å². The van der Waals surface area contributed by atoms with Crippen LogP contribution >= 0.6 is 0 Å². The molecule has 1 amide bonds. The van der Waals surface area contributed by atoms with E-state index in [2.05, 4.69) is 5.32 Å². The average molecular weight is 328 g/mol. The Kier molecular flexibility index (Phi) is 4.79. The number of carbonyl (C=O) groups excluding carboxylic acids is 1. The fourth-order valence-electron chi connectivity index (χ4n) is 3.55. The molecule has 0 saturated heterocycles. The van der Waals surface area contributed by atoms with Gasteiger partial charge in [0.2, 0.25) is 5.91 Å². The summed E-state index contributed by atoms with van der Waals surface area (Å²) in [6.07, 6.45) is 5.37. The minimum Gasteiger partial charge on any atom is -0.354 e. The van der Waals surface area contributed by atoms with Crippen molar-refractivity contribution >= 4 is 5.91 Å². The number of pyridine rings is 1. The van der Waals surface area contributed by atoms with Crippen molar-refractivity contribution in [2.24, 2.45) is 0 Å². The first-order valence-electron chi connectivity index (χ1n) is 8.28. The lowest BCUT2D eigenvalue weighted by molar-refractivity contribution is -0.122. The number of nitrogens with zero attached hydrogens (tertiary/aromatic N) is 1. The van der Waals surface area contributed by atoms with E-state index in [1.807, 2.05) is 12.1 Å². The molecule has 0 radical (unpaired) electrons. The normalized spacial score (nSPS) is 16.0. The van der Waals surface area contributed by atoms with Crippen molar-refractivity contribution in [1.82, 2.24) is 9.88 Å². The van der Waals surface area contributed by atoms with Gasteiger partial charge in [0.25, 0.3) is 5.56 Å². The molecule has 3 rings (SSSR count). The largest absolute Gasteiger partial charge is 0.354 e. The predicted octanol–water partition coefficient (Wildman–Crippen LogP) is 2.62. The third kappa shape index (κ3) is 3.40. The molecule has 126 valence electrons. The van der Waals surface area contributed by atoms with Gasteiger partial charge in [-0.25, -0.2) is 4.39 Å². The van der Waals surface area contributed by atoms with E-state index in [1.54, 1.807) is 24.4 Å². The second-order valence-corrected chi connectivity index (χ2v) is 6.41. The van der Waals surface area contributed by atoms with Crippen LogP contribution in [-0.4, -0.2) is 17.0 Å². The number of carbonyl (C=O) groups is 1. The van der Waals surface area contributed by atoms with E-state index in [9.17, 15) is 14.0 Å². The summed E-state index contributed by atoms with van der Waals surface area (Å²) in [5.74, 6) is -0.446. The molecule has 2 aromatic rings. The van der Waals surface area contributed by atoms with E-state index in [0.717, 1.165) is 25.7 Å². The summed E-state index contributed by atoms with van der Waals surface area (Å²) in [6, 6.07) is 11.6. The number of benzene rings is 1. The third-order valence-electron chi connectivity index (χ3n) is 4.84. The van der Waals surface area contributed by atoms with Crippen LogP contribution in [0.1, 0.15) is 31.2 Å². The molecular weight excluding hydrogens is 307 g/mol. The van der Waals surface area contributed by atoms with Crippen LogP contribution in [0, 0.1) is 5.82 Å². The Hall–Kier alpha value is -2.43. The van der Waals surface area contributed by atoms with Crippen LogP contribution in [0.4, 0.5) is 4.39 Å². The van der Waals surface area contributed by atoms with Crippen molar-refractivity contribution in [2.45, 2.75) is 37.6 Å². The maximum atomic E-state index is 14.3. The predicted molar refractivity (Wildman–Crippen MR) is 90.3 cm³/mol. The van der Waals surface area contributed by atoms with Crippen molar-refractivity contribution in [1.29, 1.82) is 0 Å². The summed E-state index contributed by atoms with van der Waals surface area (Å²) < 4.78 is 15.6. The topological polar surface area (TPSA) is 51.1 Å². The van der Waals surface area contributed by atoms with E-state index < -0.39 is 0 Å². The van der Waals surface area contributed by atoms with E-state index in [0.29, 0.717) is 12.1 Å². The van der Waals surface area contributed by atoms with Crippen LogP contribution < -0.4 is 10.9 Å². The SMILES string of the molecule is O=C(Cn1ccccc1=O)NCC1(c2ccccc2F)CCCC1. The highest BCUT2D eigenvalue weighted by atomic mass is 19.1. The number of aromatic nitrogens is 1. The number of nitrogens with one attached hydrogen (secondary N) is 1. The van der Waals surface area contributed by atoms with Gasteiger partial charge in [0.15, 0.2) is 0 Å². The first-order valence-corrected chi connectivity index (χ1v) is 8.28. The van der Waals surface area contributed by atoms with Gasteiger partial charge in [-0.3, -0.25) is 9.59 Å². The highest BCUT2D eigenvalue weighted by Crippen LogP contribution is 2.41. The molecule has 1 aliphatic carbocycles. The Bertz CT molecular complexity index is 779. The van der Waals surface area contributed by atoms with Gasteiger partial charge in [0.1, 0.15) is 12.4 Å². The molecule has 24 heavy (non-hydrogen) atoms. The molecule has 0 unspecified atom stereocenters. The van der Waals surface area contributed by atoms with E-state index >= 15 is 0 Å². The van der Waals surface area contributed by atoms with Gasteiger partial charge in [-0.15, -0.1) is 0 Å². The summed E-state index contributed by atoms with van der Waals surface area (Å²) in [5, 5.41) is 2.90. The Labute approximate surface area is 140 Å². The Balaban J connectivity index is 1.71. The zero-order chi connectivity index (χ0) is 17.0. The average Bonchev–Trinajstić information content (AvgIpc) is 3.05. The lowest BCUT2D eigenvalue weighted by Gasteiger charge is -2.30. The number of rotatable bonds is 5. The zero-order valence-corrected chi connectivity index (χ0v) is 13.5. The maximum Gasteiger partial charge on any atom is 0.250 e. The zero-order valence-electron chi connectivity index (χ0n) is 13.5. The van der Waals surface area contributed by atoms with Gasteiger partial charge in [-0.1, -0.05) is 37.1 Å². The summed E-state index contributed by atoms with van der Waals surface area (Å²) in [6.45, 7) is 0.376. The molecule has 0 bridgehead atoms. The van der Waals surface area contributed by atoms with Crippen LogP contribution in [0.3, 0.4) is 0 Å². The highest BCUT2D eigenvalue weighted by Gasteiger charge is 2.37.